The van der Waals surface area contributed by atoms with Crippen molar-refractivity contribution in [2.24, 2.45) is 5.73 Å². The van der Waals surface area contributed by atoms with Crippen LogP contribution in [-0.4, -0.2) is 52.9 Å². The second-order valence-corrected chi connectivity index (χ2v) is 2.70. The molecular formula is C6H13NO4. The van der Waals surface area contributed by atoms with E-state index in [0.717, 1.165) is 0 Å². The smallest absolute Gasteiger partial charge is 0.110 e. The third kappa shape index (κ3) is 1.69. The molecule has 5 heteroatoms. The van der Waals surface area contributed by atoms with Crippen LogP contribution >= 0.6 is 0 Å². The van der Waals surface area contributed by atoms with Gasteiger partial charge in [0.2, 0.25) is 0 Å². The SMILES string of the molecule is N[C@@H]1COC(CO)[C@H](O)C1O. The molecule has 0 aliphatic carbocycles. The van der Waals surface area contributed by atoms with Crippen molar-refractivity contribution in [2.45, 2.75) is 24.4 Å². The summed E-state index contributed by atoms with van der Waals surface area (Å²) in [7, 11) is 0. The van der Waals surface area contributed by atoms with Crippen LogP contribution in [0.25, 0.3) is 0 Å². The fourth-order valence-electron chi connectivity index (χ4n) is 1.07. The number of aliphatic hydroxyl groups is 3. The van der Waals surface area contributed by atoms with Gasteiger partial charge in [-0.15, -0.1) is 0 Å². The monoisotopic (exact) mass is 163 g/mol. The second kappa shape index (κ2) is 3.46. The Kier molecular flexibility index (Phi) is 2.80. The van der Waals surface area contributed by atoms with Gasteiger partial charge < -0.3 is 25.8 Å². The van der Waals surface area contributed by atoms with Gasteiger partial charge in [0.15, 0.2) is 0 Å². The van der Waals surface area contributed by atoms with E-state index >= 15 is 0 Å². The van der Waals surface area contributed by atoms with E-state index in [1.165, 1.54) is 0 Å². The summed E-state index contributed by atoms with van der Waals surface area (Å²) < 4.78 is 4.94. The molecule has 0 aromatic heterocycles. The first-order valence-corrected chi connectivity index (χ1v) is 3.51. The van der Waals surface area contributed by atoms with E-state index in [4.69, 9.17) is 15.6 Å². The molecule has 1 saturated heterocycles. The van der Waals surface area contributed by atoms with Crippen molar-refractivity contribution in [2.75, 3.05) is 13.2 Å². The molecular weight excluding hydrogens is 150 g/mol. The van der Waals surface area contributed by atoms with Crippen molar-refractivity contribution in [1.82, 2.24) is 0 Å². The number of aliphatic hydroxyl groups excluding tert-OH is 3. The first-order valence-electron chi connectivity index (χ1n) is 3.51. The zero-order valence-corrected chi connectivity index (χ0v) is 6.05. The van der Waals surface area contributed by atoms with Gasteiger partial charge in [-0.05, 0) is 0 Å². The highest BCUT2D eigenvalue weighted by atomic mass is 16.5. The van der Waals surface area contributed by atoms with Crippen molar-refractivity contribution in [3.63, 3.8) is 0 Å². The van der Waals surface area contributed by atoms with Crippen LogP contribution in [0.4, 0.5) is 0 Å². The van der Waals surface area contributed by atoms with Gasteiger partial charge in [-0.1, -0.05) is 0 Å². The molecule has 1 aliphatic heterocycles. The van der Waals surface area contributed by atoms with Gasteiger partial charge in [-0.3, -0.25) is 0 Å². The average molecular weight is 163 g/mol. The van der Waals surface area contributed by atoms with Crippen LogP contribution < -0.4 is 5.73 Å². The molecule has 0 amide bonds. The molecule has 66 valence electrons. The lowest BCUT2D eigenvalue weighted by atomic mass is 9.99. The molecule has 1 rings (SSSR count). The summed E-state index contributed by atoms with van der Waals surface area (Å²) in [5, 5.41) is 27.0. The molecule has 4 atom stereocenters. The highest BCUT2D eigenvalue weighted by molar-refractivity contribution is 4.88. The molecule has 0 radical (unpaired) electrons. The molecule has 0 saturated carbocycles. The highest BCUT2D eigenvalue weighted by Gasteiger charge is 2.35. The Morgan fingerprint density at radius 3 is 2.55 bits per heavy atom. The summed E-state index contributed by atoms with van der Waals surface area (Å²) in [5.74, 6) is 0. The van der Waals surface area contributed by atoms with Crippen LogP contribution in [-0.2, 0) is 4.74 Å². The van der Waals surface area contributed by atoms with Gasteiger partial charge in [0.1, 0.15) is 12.2 Å². The summed E-state index contributed by atoms with van der Waals surface area (Å²) in [5.41, 5.74) is 5.37. The number of nitrogens with two attached hydrogens (primary N) is 1. The molecule has 1 heterocycles. The maximum atomic E-state index is 9.19. The van der Waals surface area contributed by atoms with Gasteiger partial charge in [0.25, 0.3) is 0 Å². The van der Waals surface area contributed by atoms with Crippen molar-refractivity contribution in [1.29, 1.82) is 0 Å². The fraction of sp³-hybridized carbons (Fsp3) is 1.00. The molecule has 5 N–H and O–H groups in total. The van der Waals surface area contributed by atoms with Gasteiger partial charge in [0, 0.05) is 0 Å². The zero-order chi connectivity index (χ0) is 8.43. The van der Waals surface area contributed by atoms with Crippen LogP contribution in [0, 0.1) is 0 Å². The Bertz CT molecular complexity index is 130. The zero-order valence-electron chi connectivity index (χ0n) is 6.05. The molecule has 0 aromatic rings. The van der Waals surface area contributed by atoms with E-state index in [1.54, 1.807) is 0 Å². The molecule has 0 spiro atoms. The number of rotatable bonds is 1. The van der Waals surface area contributed by atoms with Gasteiger partial charge >= 0.3 is 0 Å². The summed E-state index contributed by atoms with van der Waals surface area (Å²) >= 11 is 0. The van der Waals surface area contributed by atoms with Crippen molar-refractivity contribution < 1.29 is 20.1 Å². The Hall–Kier alpha value is -0.200. The van der Waals surface area contributed by atoms with E-state index in [-0.39, 0.29) is 13.2 Å². The van der Waals surface area contributed by atoms with Crippen molar-refractivity contribution in [3.8, 4) is 0 Å². The Morgan fingerprint density at radius 1 is 1.36 bits per heavy atom. The van der Waals surface area contributed by atoms with Crippen LogP contribution in [0.5, 0.6) is 0 Å². The number of hydrogen-bond donors (Lipinski definition) is 4. The van der Waals surface area contributed by atoms with E-state index < -0.39 is 24.4 Å². The third-order valence-electron chi connectivity index (χ3n) is 1.85. The van der Waals surface area contributed by atoms with Gasteiger partial charge in [-0.2, -0.15) is 0 Å². The Balaban J connectivity index is 2.52. The fourth-order valence-corrected chi connectivity index (χ4v) is 1.07. The lowest BCUT2D eigenvalue weighted by Gasteiger charge is -2.34. The molecule has 5 nitrogen and oxygen atoms in total. The van der Waals surface area contributed by atoms with Crippen molar-refractivity contribution in [3.05, 3.63) is 0 Å². The first kappa shape index (κ1) is 8.89. The van der Waals surface area contributed by atoms with Crippen LogP contribution in [0.1, 0.15) is 0 Å². The quantitative estimate of drug-likeness (QED) is 0.340. The van der Waals surface area contributed by atoms with Gasteiger partial charge in [0.05, 0.1) is 25.4 Å². The van der Waals surface area contributed by atoms with E-state index in [0.29, 0.717) is 0 Å². The summed E-state index contributed by atoms with van der Waals surface area (Å²) in [6, 6.07) is -0.562. The normalized spacial score (nSPS) is 45.8. The molecule has 1 fully saturated rings. The van der Waals surface area contributed by atoms with Crippen LogP contribution in [0.2, 0.25) is 0 Å². The van der Waals surface area contributed by atoms with E-state index in [2.05, 4.69) is 0 Å². The molecule has 1 aliphatic rings. The molecule has 2 unspecified atom stereocenters. The predicted octanol–water partition coefficient (Wildman–Crippen LogP) is -2.57. The van der Waals surface area contributed by atoms with Gasteiger partial charge in [-0.25, -0.2) is 0 Å². The van der Waals surface area contributed by atoms with Crippen LogP contribution in [0.15, 0.2) is 0 Å². The summed E-state index contributed by atoms with van der Waals surface area (Å²) in [6.07, 6.45) is -2.78. The Labute approximate surface area is 64.4 Å². The minimum atomic E-state index is -1.08. The minimum Gasteiger partial charge on any atom is -0.394 e. The van der Waals surface area contributed by atoms with E-state index in [1.807, 2.05) is 0 Å². The maximum Gasteiger partial charge on any atom is 0.110 e. The number of hydrogen-bond acceptors (Lipinski definition) is 5. The molecule has 11 heavy (non-hydrogen) atoms. The molecule has 0 aromatic carbocycles. The Morgan fingerprint density at radius 2 is 2.00 bits per heavy atom. The summed E-state index contributed by atoms with van der Waals surface area (Å²) in [4.78, 5) is 0. The average Bonchev–Trinajstić information content (AvgIpc) is 2.01. The summed E-state index contributed by atoms with van der Waals surface area (Å²) in [6.45, 7) is -0.131. The lowest BCUT2D eigenvalue weighted by Crippen LogP contribution is -2.57. The maximum absolute atomic E-state index is 9.19. The largest absolute Gasteiger partial charge is 0.394 e. The minimum absolute atomic E-state index is 0.170. The van der Waals surface area contributed by atoms with Crippen LogP contribution in [0.3, 0.4) is 0 Å². The van der Waals surface area contributed by atoms with Crippen molar-refractivity contribution >= 4 is 0 Å². The topological polar surface area (TPSA) is 95.9 Å². The molecule has 0 bridgehead atoms. The second-order valence-electron chi connectivity index (χ2n) is 2.70. The lowest BCUT2D eigenvalue weighted by molar-refractivity contribution is -0.156. The van der Waals surface area contributed by atoms with E-state index in [9.17, 15) is 10.2 Å². The predicted molar refractivity (Wildman–Crippen MR) is 36.8 cm³/mol. The number of ether oxygens (including phenoxy) is 1. The standard InChI is InChI=1S/C6H13NO4/c7-3-2-11-4(1-8)6(10)5(3)9/h3-6,8-10H,1-2,7H2/t3-,4?,5?,6+/m1/s1. The first-order chi connectivity index (χ1) is 5.16. The highest BCUT2D eigenvalue weighted by Crippen LogP contribution is 2.13. The third-order valence-corrected chi connectivity index (χ3v) is 1.85.